The van der Waals surface area contributed by atoms with E-state index in [1.165, 1.54) is 32.6 Å². The summed E-state index contributed by atoms with van der Waals surface area (Å²) in [6.07, 6.45) is 7.12. The van der Waals surface area contributed by atoms with Gasteiger partial charge < -0.3 is 9.84 Å². The van der Waals surface area contributed by atoms with Crippen LogP contribution < -0.4 is 0 Å². The van der Waals surface area contributed by atoms with Crippen LogP contribution in [0.15, 0.2) is 12.7 Å². The lowest BCUT2D eigenvalue weighted by atomic mass is 10.0. The first-order chi connectivity index (χ1) is 9.52. The van der Waals surface area contributed by atoms with Crippen molar-refractivity contribution in [2.75, 3.05) is 0 Å². The molecule has 4 heteroatoms. The van der Waals surface area contributed by atoms with Crippen LogP contribution in [0.1, 0.15) is 65.2 Å². The molecule has 0 aromatic rings. The minimum absolute atomic E-state index is 0.219. The molecule has 0 fully saturated rings. The van der Waals surface area contributed by atoms with Gasteiger partial charge in [0.05, 0.1) is 6.10 Å². The van der Waals surface area contributed by atoms with Gasteiger partial charge in [0.1, 0.15) is 0 Å². The Morgan fingerprint density at radius 2 is 1.70 bits per heavy atom. The summed E-state index contributed by atoms with van der Waals surface area (Å²) in [7, 11) is 0. The zero-order valence-electron chi connectivity index (χ0n) is 12.8. The monoisotopic (exact) mass is 284 g/mol. The highest BCUT2D eigenvalue weighted by atomic mass is 16.6. The number of ether oxygens (including phenoxy) is 1. The molecule has 116 valence electrons. The van der Waals surface area contributed by atoms with Gasteiger partial charge in [-0.25, -0.2) is 4.79 Å². The van der Waals surface area contributed by atoms with E-state index in [-0.39, 0.29) is 5.78 Å². The first kappa shape index (κ1) is 18.8. The summed E-state index contributed by atoms with van der Waals surface area (Å²) in [5, 5.41) is 9.49. The fourth-order valence-electron chi connectivity index (χ4n) is 2.01. The van der Waals surface area contributed by atoms with Crippen molar-refractivity contribution in [3.63, 3.8) is 0 Å². The molecular weight excluding hydrogens is 256 g/mol. The molecule has 2 unspecified atom stereocenters. The molecule has 0 saturated heterocycles. The van der Waals surface area contributed by atoms with E-state index >= 15 is 0 Å². The molecule has 0 heterocycles. The molecule has 0 spiro atoms. The van der Waals surface area contributed by atoms with Crippen LogP contribution in [0.3, 0.4) is 0 Å². The molecule has 0 aromatic carbocycles. The highest BCUT2D eigenvalue weighted by Crippen LogP contribution is 2.11. The molecule has 20 heavy (non-hydrogen) atoms. The lowest BCUT2D eigenvalue weighted by Gasteiger charge is -2.18. The van der Waals surface area contributed by atoms with Gasteiger partial charge >= 0.3 is 5.97 Å². The third-order valence-corrected chi connectivity index (χ3v) is 3.19. The minimum Gasteiger partial charge on any atom is -0.448 e. The number of aliphatic hydroxyl groups excluding tert-OH is 1. The number of aliphatic hydroxyl groups is 1. The lowest BCUT2D eigenvalue weighted by Crippen LogP contribution is -2.36. The van der Waals surface area contributed by atoms with Crippen molar-refractivity contribution in [3.05, 3.63) is 12.7 Å². The number of esters is 1. The van der Waals surface area contributed by atoms with Crippen LogP contribution in [0.5, 0.6) is 0 Å². The molecule has 2 atom stereocenters. The second-order valence-electron chi connectivity index (χ2n) is 5.14. The van der Waals surface area contributed by atoms with Gasteiger partial charge in [-0.2, -0.15) is 0 Å². The molecule has 0 saturated carbocycles. The first-order valence-corrected chi connectivity index (χ1v) is 7.56. The second kappa shape index (κ2) is 11.6. The van der Waals surface area contributed by atoms with E-state index in [1.807, 2.05) is 0 Å². The maximum atomic E-state index is 11.9. The van der Waals surface area contributed by atoms with Gasteiger partial charge in [-0.3, -0.25) is 4.79 Å². The number of unbranched alkanes of at least 4 members (excludes halogenated alkanes) is 6. The summed E-state index contributed by atoms with van der Waals surface area (Å²) < 4.78 is 4.88. The molecule has 0 aliphatic rings. The Morgan fingerprint density at radius 1 is 1.15 bits per heavy atom. The Kier molecular flexibility index (Phi) is 11.0. The third kappa shape index (κ3) is 8.86. The maximum Gasteiger partial charge on any atom is 0.330 e. The van der Waals surface area contributed by atoms with Crippen LogP contribution in [0.4, 0.5) is 0 Å². The highest BCUT2D eigenvalue weighted by molar-refractivity contribution is 5.88. The van der Waals surface area contributed by atoms with Gasteiger partial charge in [-0.15, -0.1) is 0 Å². The normalized spacial score (nSPS) is 13.6. The van der Waals surface area contributed by atoms with Gasteiger partial charge in [0.15, 0.2) is 11.9 Å². The van der Waals surface area contributed by atoms with Crippen LogP contribution >= 0.6 is 0 Å². The lowest BCUT2D eigenvalue weighted by molar-refractivity contribution is -0.156. The maximum absolute atomic E-state index is 11.9. The van der Waals surface area contributed by atoms with Crippen LogP contribution in [-0.2, 0) is 14.3 Å². The first-order valence-electron chi connectivity index (χ1n) is 7.56. The van der Waals surface area contributed by atoms with Gasteiger partial charge in [-0.1, -0.05) is 52.0 Å². The molecular formula is C16H28O4. The molecule has 0 aromatic heterocycles. The van der Waals surface area contributed by atoms with E-state index in [1.54, 1.807) is 0 Å². The number of Topliss-reactive ketones (excluding diaryl/α,β-unsaturated/α-hetero) is 1. The van der Waals surface area contributed by atoms with Crippen LogP contribution in [-0.4, -0.2) is 29.1 Å². The van der Waals surface area contributed by atoms with E-state index in [0.717, 1.165) is 25.3 Å². The van der Waals surface area contributed by atoms with Gasteiger partial charge in [0.2, 0.25) is 0 Å². The Bertz CT molecular complexity index is 297. The van der Waals surface area contributed by atoms with Crippen LogP contribution in [0.2, 0.25) is 0 Å². The fourth-order valence-corrected chi connectivity index (χ4v) is 2.01. The van der Waals surface area contributed by atoms with Crippen molar-refractivity contribution in [1.82, 2.24) is 0 Å². The number of hydrogen-bond donors (Lipinski definition) is 1. The average Bonchev–Trinajstić information content (AvgIpc) is 2.42. The van der Waals surface area contributed by atoms with Gasteiger partial charge in [0, 0.05) is 12.5 Å². The summed E-state index contributed by atoms with van der Waals surface area (Å²) in [5.74, 6) is -0.896. The Hall–Kier alpha value is -1.16. The van der Waals surface area contributed by atoms with Crippen molar-refractivity contribution < 1.29 is 19.4 Å². The summed E-state index contributed by atoms with van der Waals surface area (Å²) in [6, 6.07) is 0. The topological polar surface area (TPSA) is 63.6 Å². The molecule has 4 nitrogen and oxygen atoms in total. The molecule has 0 aliphatic heterocycles. The van der Waals surface area contributed by atoms with Gasteiger partial charge in [0.25, 0.3) is 0 Å². The van der Waals surface area contributed by atoms with Crippen molar-refractivity contribution in [2.24, 2.45) is 0 Å². The van der Waals surface area contributed by atoms with E-state index < -0.39 is 18.2 Å². The van der Waals surface area contributed by atoms with Crippen molar-refractivity contribution in [3.8, 4) is 0 Å². The van der Waals surface area contributed by atoms with Crippen LogP contribution in [0, 0.1) is 0 Å². The Balaban J connectivity index is 3.90. The SMILES string of the molecule is C=CC(=O)OC(C(=O)CCCCCCCCC)C(C)O. The molecule has 0 rings (SSSR count). The summed E-state index contributed by atoms with van der Waals surface area (Å²) >= 11 is 0. The van der Waals surface area contributed by atoms with Crippen molar-refractivity contribution in [1.29, 1.82) is 0 Å². The second-order valence-corrected chi connectivity index (χ2v) is 5.14. The van der Waals surface area contributed by atoms with Gasteiger partial charge in [-0.05, 0) is 13.3 Å². The highest BCUT2D eigenvalue weighted by Gasteiger charge is 2.26. The van der Waals surface area contributed by atoms with E-state index in [0.29, 0.717) is 6.42 Å². The Morgan fingerprint density at radius 3 is 2.20 bits per heavy atom. The van der Waals surface area contributed by atoms with E-state index in [2.05, 4.69) is 13.5 Å². The molecule has 0 radical (unpaired) electrons. The van der Waals surface area contributed by atoms with Crippen LogP contribution in [0.25, 0.3) is 0 Å². The quantitative estimate of drug-likeness (QED) is 0.339. The number of carbonyl (C=O) groups is 2. The minimum atomic E-state index is -1.07. The fraction of sp³-hybridized carbons (Fsp3) is 0.750. The van der Waals surface area contributed by atoms with E-state index in [4.69, 9.17) is 4.74 Å². The number of carbonyl (C=O) groups excluding carboxylic acids is 2. The smallest absolute Gasteiger partial charge is 0.330 e. The summed E-state index contributed by atoms with van der Waals surface area (Å²) in [6.45, 7) is 6.90. The molecule has 0 bridgehead atoms. The average molecular weight is 284 g/mol. The predicted octanol–water partition coefficient (Wildman–Crippen LogP) is 3.17. The number of hydrogen-bond acceptors (Lipinski definition) is 4. The zero-order chi connectivity index (χ0) is 15.4. The molecule has 0 amide bonds. The van der Waals surface area contributed by atoms with Crippen molar-refractivity contribution in [2.45, 2.75) is 77.4 Å². The molecule has 0 aliphatic carbocycles. The summed E-state index contributed by atoms with van der Waals surface area (Å²) in [4.78, 5) is 23.0. The van der Waals surface area contributed by atoms with E-state index in [9.17, 15) is 14.7 Å². The predicted molar refractivity (Wildman–Crippen MR) is 79.4 cm³/mol. The number of rotatable bonds is 12. The third-order valence-electron chi connectivity index (χ3n) is 3.19. The zero-order valence-corrected chi connectivity index (χ0v) is 12.8. The standard InChI is InChI=1S/C16H28O4/c1-4-6-7-8-9-10-11-12-14(18)16(13(3)17)20-15(19)5-2/h5,13,16-17H,2,4,6-12H2,1,3H3. The Labute approximate surface area is 122 Å². The largest absolute Gasteiger partial charge is 0.448 e. The molecule has 1 N–H and O–H groups in total. The number of ketones is 1. The van der Waals surface area contributed by atoms with Crippen molar-refractivity contribution >= 4 is 11.8 Å². The summed E-state index contributed by atoms with van der Waals surface area (Å²) in [5.41, 5.74) is 0.